The van der Waals surface area contributed by atoms with E-state index in [-0.39, 0.29) is 40.4 Å². The van der Waals surface area contributed by atoms with Gasteiger partial charge in [-0.05, 0) is 30.7 Å². The van der Waals surface area contributed by atoms with E-state index in [1.165, 1.54) is 12.1 Å². The SMILES string of the molecule is CCCCCCNc1ccc(NCCNCCO)c2c1C(=O)c1c(O)ccc(O)c1C2=O. The first-order chi connectivity index (χ1) is 15.5. The first kappa shape index (κ1) is 23.6. The molecule has 0 heterocycles. The average molecular weight is 442 g/mol. The fourth-order valence-electron chi connectivity index (χ4n) is 3.92. The second-order valence-corrected chi connectivity index (χ2v) is 7.81. The Hall–Kier alpha value is -3.10. The Morgan fingerprint density at radius 1 is 0.688 bits per heavy atom. The van der Waals surface area contributed by atoms with Gasteiger partial charge in [0, 0.05) is 37.6 Å². The third-order valence-corrected chi connectivity index (χ3v) is 5.53. The van der Waals surface area contributed by atoms with Crippen LogP contribution in [0.5, 0.6) is 11.5 Å². The van der Waals surface area contributed by atoms with Crippen LogP contribution >= 0.6 is 0 Å². The number of nitrogens with one attached hydrogen (secondary N) is 3. The first-order valence-corrected chi connectivity index (χ1v) is 11.1. The molecule has 0 bridgehead atoms. The van der Waals surface area contributed by atoms with E-state index < -0.39 is 11.6 Å². The van der Waals surface area contributed by atoms with Gasteiger partial charge in [0.05, 0.1) is 28.9 Å². The lowest BCUT2D eigenvalue weighted by Gasteiger charge is -2.25. The van der Waals surface area contributed by atoms with Gasteiger partial charge >= 0.3 is 0 Å². The molecular weight excluding hydrogens is 410 g/mol. The van der Waals surface area contributed by atoms with E-state index in [1.54, 1.807) is 12.1 Å². The summed E-state index contributed by atoms with van der Waals surface area (Å²) in [7, 11) is 0. The molecule has 8 nitrogen and oxygen atoms in total. The van der Waals surface area contributed by atoms with Crippen LogP contribution in [-0.2, 0) is 0 Å². The summed E-state index contributed by atoms with van der Waals surface area (Å²) in [6.45, 7) is 4.30. The number of aliphatic hydroxyl groups is 1. The summed E-state index contributed by atoms with van der Waals surface area (Å²) in [5.41, 5.74) is 1.06. The number of hydrogen-bond acceptors (Lipinski definition) is 8. The van der Waals surface area contributed by atoms with Crippen molar-refractivity contribution < 1.29 is 24.9 Å². The molecule has 3 rings (SSSR count). The van der Waals surface area contributed by atoms with Crippen LogP contribution in [-0.4, -0.2) is 59.7 Å². The Labute approximate surface area is 187 Å². The van der Waals surface area contributed by atoms with E-state index in [0.717, 1.165) is 25.7 Å². The zero-order valence-corrected chi connectivity index (χ0v) is 18.3. The minimum absolute atomic E-state index is 0.0283. The third-order valence-electron chi connectivity index (χ3n) is 5.53. The van der Waals surface area contributed by atoms with Gasteiger partial charge in [0.1, 0.15) is 11.5 Å². The molecule has 0 atom stereocenters. The maximum absolute atomic E-state index is 13.4. The predicted octanol–water partition coefficient (Wildman–Crippen LogP) is 2.86. The third kappa shape index (κ3) is 4.87. The van der Waals surface area contributed by atoms with Crippen molar-refractivity contribution in [1.82, 2.24) is 5.32 Å². The van der Waals surface area contributed by atoms with Gasteiger partial charge < -0.3 is 31.3 Å². The van der Waals surface area contributed by atoms with Crippen molar-refractivity contribution in [2.75, 3.05) is 43.4 Å². The van der Waals surface area contributed by atoms with Gasteiger partial charge in [-0.2, -0.15) is 0 Å². The van der Waals surface area contributed by atoms with Crippen molar-refractivity contribution in [3.8, 4) is 11.5 Å². The molecule has 2 aromatic carbocycles. The van der Waals surface area contributed by atoms with E-state index >= 15 is 0 Å². The van der Waals surface area contributed by atoms with E-state index in [1.807, 2.05) is 0 Å². The molecule has 172 valence electrons. The number of hydrogen-bond donors (Lipinski definition) is 6. The Kier molecular flexibility index (Phi) is 8.08. The van der Waals surface area contributed by atoms with Crippen LogP contribution in [0.25, 0.3) is 0 Å². The highest BCUT2D eigenvalue weighted by molar-refractivity contribution is 6.33. The summed E-state index contributed by atoms with van der Waals surface area (Å²) in [6, 6.07) is 5.94. The largest absolute Gasteiger partial charge is 0.507 e. The minimum Gasteiger partial charge on any atom is -0.507 e. The Morgan fingerprint density at radius 2 is 1.25 bits per heavy atom. The zero-order valence-electron chi connectivity index (χ0n) is 18.3. The van der Waals surface area contributed by atoms with Crippen LogP contribution in [0.1, 0.15) is 64.4 Å². The number of anilines is 2. The Bertz CT molecular complexity index is 912. The smallest absolute Gasteiger partial charge is 0.200 e. The fourth-order valence-corrected chi connectivity index (χ4v) is 3.92. The predicted molar refractivity (Wildman–Crippen MR) is 124 cm³/mol. The lowest BCUT2D eigenvalue weighted by atomic mass is 9.81. The molecule has 32 heavy (non-hydrogen) atoms. The number of phenols is 2. The summed E-state index contributed by atoms with van der Waals surface area (Å²) in [4.78, 5) is 26.8. The van der Waals surface area contributed by atoms with Gasteiger partial charge in [0.2, 0.25) is 11.6 Å². The average Bonchev–Trinajstić information content (AvgIpc) is 2.78. The van der Waals surface area contributed by atoms with Crippen molar-refractivity contribution in [3.05, 3.63) is 46.5 Å². The van der Waals surface area contributed by atoms with Crippen LogP contribution in [0.15, 0.2) is 24.3 Å². The maximum Gasteiger partial charge on any atom is 0.200 e. The van der Waals surface area contributed by atoms with E-state index in [0.29, 0.717) is 37.6 Å². The molecule has 8 heteroatoms. The van der Waals surface area contributed by atoms with Crippen LogP contribution in [0, 0.1) is 0 Å². The number of fused-ring (bicyclic) bond motifs is 2. The standard InChI is InChI=1S/C24H31N3O5/c1-2-3-4-5-10-26-15-6-7-16(27-12-11-25-13-14-28)20-19(15)23(31)21-17(29)8-9-18(30)22(21)24(20)32/h6-9,25-30H,2-5,10-14H2,1H3. The molecule has 0 fully saturated rings. The molecule has 0 spiro atoms. The van der Waals surface area contributed by atoms with E-state index in [9.17, 15) is 19.8 Å². The van der Waals surface area contributed by atoms with Crippen molar-refractivity contribution in [2.45, 2.75) is 32.6 Å². The molecule has 1 aliphatic rings. The van der Waals surface area contributed by atoms with Gasteiger partial charge in [-0.1, -0.05) is 26.2 Å². The summed E-state index contributed by atoms with van der Waals surface area (Å²) in [6.07, 6.45) is 4.25. The highest BCUT2D eigenvalue weighted by atomic mass is 16.3. The van der Waals surface area contributed by atoms with Crippen molar-refractivity contribution in [1.29, 1.82) is 0 Å². The van der Waals surface area contributed by atoms with Crippen molar-refractivity contribution >= 4 is 22.9 Å². The Balaban J connectivity index is 1.97. The van der Waals surface area contributed by atoms with Crippen LogP contribution in [0.4, 0.5) is 11.4 Å². The first-order valence-electron chi connectivity index (χ1n) is 11.1. The van der Waals surface area contributed by atoms with Gasteiger partial charge in [-0.15, -0.1) is 0 Å². The molecule has 0 saturated carbocycles. The molecule has 0 aromatic heterocycles. The number of carbonyl (C=O) groups is 2. The number of unbranched alkanes of at least 4 members (excludes halogenated alkanes) is 3. The van der Waals surface area contributed by atoms with E-state index in [4.69, 9.17) is 5.11 Å². The second-order valence-electron chi connectivity index (χ2n) is 7.81. The van der Waals surface area contributed by atoms with Gasteiger partial charge in [-0.25, -0.2) is 0 Å². The summed E-state index contributed by atoms with van der Waals surface area (Å²) in [5, 5.41) is 39.0. The number of aromatic hydroxyl groups is 2. The van der Waals surface area contributed by atoms with Crippen LogP contribution in [0.2, 0.25) is 0 Å². The molecule has 0 saturated heterocycles. The van der Waals surface area contributed by atoms with Gasteiger partial charge in [0.15, 0.2) is 0 Å². The number of benzene rings is 2. The molecule has 0 unspecified atom stereocenters. The monoisotopic (exact) mass is 441 g/mol. The Morgan fingerprint density at radius 3 is 1.78 bits per heavy atom. The van der Waals surface area contributed by atoms with Crippen molar-refractivity contribution in [3.63, 3.8) is 0 Å². The zero-order chi connectivity index (χ0) is 23.1. The highest BCUT2D eigenvalue weighted by Crippen LogP contribution is 2.42. The molecule has 0 aliphatic heterocycles. The second kappa shape index (κ2) is 11.0. The van der Waals surface area contributed by atoms with Crippen LogP contribution in [0.3, 0.4) is 0 Å². The molecule has 0 radical (unpaired) electrons. The van der Waals surface area contributed by atoms with Gasteiger partial charge in [-0.3, -0.25) is 9.59 Å². The number of phenolic OH excluding ortho intramolecular Hbond substituents is 2. The van der Waals surface area contributed by atoms with E-state index in [2.05, 4.69) is 22.9 Å². The lowest BCUT2D eigenvalue weighted by molar-refractivity contribution is 0.0975. The number of rotatable bonds is 12. The summed E-state index contributed by atoms with van der Waals surface area (Å²) >= 11 is 0. The fraction of sp³-hybridized carbons (Fsp3) is 0.417. The van der Waals surface area contributed by atoms with Gasteiger partial charge in [0.25, 0.3) is 0 Å². The molecule has 1 aliphatic carbocycles. The van der Waals surface area contributed by atoms with Crippen LogP contribution < -0.4 is 16.0 Å². The normalized spacial score (nSPS) is 12.4. The number of carbonyl (C=O) groups excluding carboxylic acids is 2. The molecule has 6 N–H and O–H groups in total. The number of aliphatic hydroxyl groups excluding tert-OH is 1. The minimum atomic E-state index is -0.511. The topological polar surface area (TPSA) is 131 Å². The van der Waals surface area contributed by atoms with Crippen molar-refractivity contribution in [2.24, 2.45) is 0 Å². The summed E-state index contributed by atoms with van der Waals surface area (Å²) < 4.78 is 0. The molecule has 0 amide bonds. The quantitative estimate of drug-likeness (QED) is 0.187. The summed E-state index contributed by atoms with van der Waals surface area (Å²) in [5.74, 6) is -1.68. The maximum atomic E-state index is 13.4. The molecular formula is C24H31N3O5. The number of ketones is 2. The lowest BCUT2D eigenvalue weighted by Crippen LogP contribution is -2.27. The highest BCUT2D eigenvalue weighted by Gasteiger charge is 2.37. The molecule has 2 aromatic rings.